The monoisotopic (exact) mass is 266 g/mol. The molecule has 0 bridgehead atoms. The van der Waals surface area contributed by atoms with Crippen molar-refractivity contribution >= 4 is 0 Å². The van der Waals surface area contributed by atoms with Gasteiger partial charge in [0.05, 0.1) is 6.61 Å². The highest BCUT2D eigenvalue weighted by Gasteiger charge is 2.36. The molecule has 0 aromatic carbocycles. The molecule has 5 nitrogen and oxygen atoms in total. The van der Waals surface area contributed by atoms with Crippen LogP contribution in [0.1, 0.15) is 39.4 Å². The van der Waals surface area contributed by atoms with Crippen LogP contribution in [0.2, 0.25) is 0 Å². The molecular weight excluding hydrogens is 240 g/mol. The summed E-state index contributed by atoms with van der Waals surface area (Å²) in [6.07, 6.45) is 4.81. The number of ether oxygens (including phenoxy) is 1. The van der Waals surface area contributed by atoms with Gasteiger partial charge in [0.15, 0.2) is 0 Å². The van der Waals surface area contributed by atoms with Crippen molar-refractivity contribution in [1.82, 2.24) is 20.1 Å². The van der Waals surface area contributed by atoms with E-state index in [1.165, 1.54) is 0 Å². The first-order valence-corrected chi connectivity index (χ1v) is 7.33. The van der Waals surface area contributed by atoms with Crippen molar-refractivity contribution < 1.29 is 4.74 Å². The van der Waals surface area contributed by atoms with Gasteiger partial charge in [-0.2, -0.15) is 5.10 Å². The van der Waals surface area contributed by atoms with E-state index in [0.717, 1.165) is 51.4 Å². The third kappa shape index (κ3) is 3.76. The van der Waals surface area contributed by atoms with Crippen molar-refractivity contribution in [1.29, 1.82) is 0 Å². The first kappa shape index (κ1) is 14.5. The first-order chi connectivity index (χ1) is 9.15. The number of aryl methyl sites for hydroxylation is 1. The van der Waals surface area contributed by atoms with Crippen molar-refractivity contribution in [2.45, 2.75) is 52.6 Å². The Morgan fingerprint density at radius 1 is 1.53 bits per heavy atom. The standard InChI is InChI=1S/C14H26N4O/c1-4-6-18-13(16-11-17-18)8-14(5-7-19-10-14)9-15-12(2)3/h11-12,15H,4-10H2,1-3H3. The van der Waals surface area contributed by atoms with Crippen LogP contribution < -0.4 is 5.32 Å². The molecule has 1 aliphatic heterocycles. The number of hydrogen-bond donors (Lipinski definition) is 1. The Bertz CT molecular complexity index is 383. The molecule has 1 aromatic heterocycles. The zero-order valence-electron chi connectivity index (χ0n) is 12.4. The summed E-state index contributed by atoms with van der Waals surface area (Å²) in [6, 6.07) is 0.506. The number of aromatic nitrogens is 3. The lowest BCUT2D eigenvalue weighted by Gasteiger charge is -2.28. The van der Waals surface area contributed by atoms with E-state index in [-0.39, 0.29) is 5.41 Å². The average molecular weight is 266 g/mol. The molecule has 0 aliphatic carbocycles. The zero-order chi connectivity index (χ0) is 13.7. The van der Waals surface area contributed by atoms with Gasteiger partial charge in [0.1, 0.15) is 12.2 Å². The Balaban J connectivity index is 2.05. The van der Waals surface area contributed by atoms with Crippen molar-refractivity contribution in [3.8, 4) is 0 Å². The summed E-state index contributed by atoms with van der Waals surface area (Å²) in [5.74, 6) is 1.10. The molecule has 2 rings (SSSR count). The van der Waals surface area contributed by atoms with Gasteiger partial charge >= 0.3 is 0 Å². The minimum atomic E-state index is 0.183. The van der Waals surface area contributed by atoms with Crippen molar-refractivity contribution in [2.24, 2.45) is 5.41 Å². The molecule has 1 saturated heterocycles. The third-order valence-electron chi connectivity index (χ3n) is 3.73. The minimum absolute atomic E-state index is 0.183. The van der Waals surface area contributed by atoms with E-state index in [9.17, 15) is 0 Å². The molecular formula is C14H26N4O. The zero-order valence-corrected chi connectivity index (χ0v) is 12.4. The summed E-state index contributed by atoms with van der Waals surface area (Å²) in [4.78, 5) is 4.44. The molecule has 2 heterocycles. The highest BCUT2D eigenvalue weighted by molar-refractivity contribution is 4.97. The second-order valence-electron chi connectivity index (χ2n) is 5.91. The van der Waals surface area contributed by atoms with Crippen LogP contribution >= 0.6 is 0 Å². The van der Waals surface area contributed by atoms with Gasteiger partial charge < -0.3 is 10.1 Å². The summed E-state index contributed by atoms with van der Waals surface area (Å²) < 4.78 is 7.68. The number of nitrogens with one attached hydrogen (secondary N) is 1. The molecule has 1 aromatic rings. The fraction of sp³-hybridized carbons (Fsp3) is 0.857. The summed E-state index contributed by atoms with van der Waals surface area (Å²) in [5, 5.41) is 7.87. The highest BCUT2D eigenvalue weighted by Crippen LogP contribution is 2.31. The molecule has 1 fully saturated rings. The van der Waals surface area contributed by atoms with Crippen LogP contribution in [-0.4, -0.2) is 40.6 Å². The Kier molecular flexibility index (Phi) is 4.93. The Morgan fingerprint density at radius 3 is 3.00 bits per heavy atom. The second-order valence-corrected chi connectivity index (χ2v) is 5.91. The predicted octanol–water partition coefficient (Wildman–Crippen LogP) is 1.64. The van der Waals surface area contributed by atoms with Gasteiger partial charge in [-0.05, 0) is 12.8 Å². The topological polar surface area (TPSA) is 52.0 Å². The first-order valence-electron chi connectivity index (χ1n) is 7.33. The molecule has 1 aliphatic rings. The van der Waals surface area contributed by atoms with Crippen LogP contribution in [-0.2, 0) is 17.7 Å². The number of rotatable bonds is 7. The van der Waals surface area contributed by atoms with E-state index < -0.39 is 0 Å². The molecule has 0 saturated carbocycles. The van der Waals surface area contributed by atoms with Gasteiger partial charge in [-0.25, -0.2) is 4.98 Å². The maximum Gasteiger partial charge on any atom is 0.138 e. The molecule has 1 atom stereocenters. The number of nitrogens with zero attached hydrogens (tertiary/aromatic N) is 3. The van der Waals surface area contributed by atoms with Gasteiger partial charge in [-0.15, -0.1) is 0 Å². The third-order valence-corrected chi connectivity index (χ3v) is 3.73. The smallest absolute Gasteiger partial charge is 0.138 e. The van der Waals surface area contributed by atoms with Crippen LogP contribution in [0.15, 0.2) is 6.33 Å². The van der Waals surface area contributed by atoms with E-state index in [1.54, 1.807) is 6.33 Å². The Hall–Kier alpha value is -0.940. The lowest BCUT2D eigenvalue weighted by Crippen LogP contribution is -2.40. The van der Waals surface area contributed by atoms with Crippen LogP contribution in [0, 0.1) is 5.41 Å². The summed E-state index contributed by atoms with van der Waals surface area (Å²) in [6.45, 7) is 10.2. The molecule has 0 amide bonds. The van der Waals surface area contributed by atoms with E-state index >= 15 is 0 Å². The van der Waals surface area contributed by atoms with Crippen molar-refractivity contribution in [3.63, 3.8) is 0 Å². The predicted molar refractivity (Wildman–Crippen MR) is 75.0 cm³/mol. The van der Waals surface area contributed by atoms with Gasteiger partial charge in [0, 0.05) is 37.6 Å². The normalized spacial score (nSPS) is 23.4. The molecule has 1 unspecified atom stereocenters. The van der Waals surface area contributed by atoms with Gasteiger partial charge in [-0.3, -0.25) is 4.68 Å². The lowest BCUT2D eigenvalue weighted by molar-refractivity contribution is 0.145. The molecule has 108 valence electrons. The van der Waals surface area contributed by atoms with Crippen molar-refractivity contribution in [3.05, 3.63) is 12.2 Å². The van der Waals surface area contributed by atoms with Crippen molar-refractivity contribution in [2.75, 3.05) is 19.8 Å². The van der Waals surface area contributed by atoms with E-state index in [0.29, 0.717) is 6.04 Å². The molecule has 19 heavy (non-hydrogen) atoms. The SMILES string of the molecule is CCCn1ncnc1CC1(CNC(C)C)CCOC1. The molecule has 5 heteroatoms. The second kappa shape index (κ2) is 6.48. The average Bonchev–Trinajstić information content (AvgIpc) is 2.99. The van der Waals surface area contributed by atoms with E-state index in [1.807, 2.05) is 4.68 Å². The van der Waals surface area contributed by atoms with Crippen LogP contribution in [0.4, 0.5) is 0 Å². The summed E-state index contributed by atoms with van der Waals surface area (Å²) in [5.41, 5.74) is 0.183. The maximum atomic E-state index is 5.64. The van der Waals surface area contributed by atoms with Crippen LogP contribution in [0.25, 0.3) is 0 Å². The lowest BCUT2D eigenvalue weighted by atomic mass is 9.83. The van der Waals surface area contributed by atoms with Gasteiger partial charge in [0.2, 0.25) is 0 Å². The molecule has 1 N–H and O–H groups in total. The maximum absolute atomic E-state index is 5.64. The van der Waals surface area contributed by atoms with Gasteiger partial charge in [0.25, 0.3) is 0 Å². The molecule has 0 spiro atoms. The fourth-order valence-corrected chi connectivity index (χ4v) is 2.57. The summed E-state index contributed by atoms with van der Waals surface area (Å²) >= 11 is 0. The highest BCUT2D eigenvalue weighted by atomic mass is 16.5. The van der Waals surface area contributed by atoms with E-state index in [4.69, 9.17) is 4.74 Å². The quantitative estimate of drug-likeness (QED) is 0.815. The fourth-order valence-electron chi connectivity index (χ4n) is 2.57. The van der Waals surface area contributed by atoms with Gasteiger partial charge in [-0.1, -0.05) is 20.8 Å². The van der Waals surface area contributed by atoms with Crippen LogP contribution in [0.3, 0.4) is 0 Å². The number of hydrogen-bond acceptors (Lipinski definition) is 4. The minimum Gasteiger partial charge on any atom is -0.381 e. The van der Waals surface area contributed by atoms with E-state index in [2.05, 4.69) is 36.2 Å². The molecule has 0 radical (unpaired) electrons. The Morgan fingerprint density at radius 2 is 2.37 bits per heavy atom. The Labute approximate surface area is 115 Å². The largest absolute Gasteiger partial charge is 0.381 e. The summed E-state index contributed by atoms with van der Waals surface area (Å²) in [7, 11) is 0. The van der Waals surface area contributed by atoms with Crippen LogP contribution in [0.5, 0.6) is 0 Å².